The molecular weight excluding hydrogens is 123 g/mol. The maximum atomic E-state index is 2.94. The van der Waals surface area contributed by atoms with Crippen LogP contribution in [0.4, 0.5) is 0 Å². The van der Waals surface area contributed by atoms with E-state index in [0.29, 0.717) is 0 Å². The van der Waals surface area contributed by atoms with Crippen molar-refractivity contribution in [1.29, 1.82) is 0 Å². The highest BCUT2D eigenvalue weighted by atomic mass is 15.1. The van der Waals surface area contributed by atoms with Crippen molar-refractivity contribution in [2.45, 2.75) is 6.92 Å². The second kappa shape index (κ2) is 4.60. The molecule has 1 heterocycles. The molecule has 0 unspecified atom stereocenters. The first-order valence-electron chi connectivity index (χ1n) is 3.31. The smallest absolute Gasteiger partial charge is 0.287 e. The first-order valence-corrected chi connectivity index (χ1v) is 3.31. The van der Waals surface area contributed by atoms with Crippen LogP contribution in [0.25, 0.3) is 0 Å². The summed E-state index contributed by atoms with van der Waals surface area (Å²) in [6.07, 6.45) is 4.11. The maximum absolute atomic E-state index is 2.94. The molecule has 1 saturated heterocycles. The molecule has 1 aliphatic heterocycles. The van der Waals surface area contributed by atoms with Crippen LogP contribution >= 0.6 is 0 Å². The molecule has 1 fully saturated rings. The van der Waals surface area contributed by atoms with Crippen molar-refractivity contribution in [1.82, 2.24) is 15.0 Å². The molecule has 1 aliphatic rings. The number of rotatable bonds is 2. The second-order valence-electron chi connectivity index (χ2n) is 2.00. The Hall–Kier alpha value is -0.185. The standard InChI is InChI=1S/C4H9B3N3/c1-2-3-4-10-6-8-5-9-7-10/h2-3,8-9H,4H2,1H3. The van der Waals surface area contributed by atoms with Gasteiger partial charge in [-0.2, -0.15) is 0 Å². The minimum Gasteiger partial charge on any atom is -0.379 e. The Morgan fingerprint density at radius 1 is 1.40 bits per heavy atom. The Morgan fingerprint density at radius 2 is 2.10 bits per heavy atom. The lowest BCUT2D eigenvalue weighted by Gasteiger charge is -2.23. The van der Waals surface area contributed by atoms with Gasteiger partial charge in [-0.1, -0.05) is 12.2 Å². The minimum absolute atomic E-state index is 0.907. The zero-order chi connectivity index (χ0) is 7.23. The van der Waals surface area contributed by atoms with Gasteiger partial charge in [-0.3, -0.25) is 0 Å². The summed E-state index contributed by atoms with van der Waals surface area (Å²) in [7, 11) is 5.57. The van der Waals surface area contributed by atoms with Crippen LogP contribution in [0.15, 0.2) is 12.2 Å². The van der Waals surface area contributed by atoms with Gasteiger partial charge in [0.1, 0.15) is 0 Å². The largest absolute Gasteiger partial charge is 0.379 e. The summed E-state index contributed by atoms with van der Waals surface area (Å²) in [6, 6.07) is 0. The Labute approximate surface area is 64.1 Å². The molecule has 0 amide bonds. The predicted molar refractivity (Wildman–Crippen MR) is 45.1 cm³/mol. The SMILES string of the molecule is CC=CCN1[B]N[B]N[B]1. The van der Waals surface area contributed by atoms with Crippen LogP contribution in [0.5, 0.6) is 0 Å². The molecule has 1 rings (SSSR count). The molecule has 0 atom stereocenters. The van der Waals surface area contributed by atoms with Crippen LogP contribution in [0, 0.1) is 0 Å². The highest BCUT2D eigenvalue weighted by Crippen LogP contribution is 1.82. The molecule has 2 N–H and O–H groups in total. The topological polar surface area (TPSA) is 27.3 Å². The van der Waals surface area contributed by atoms with Crippen LogP contribution in [0.3, 0.4) is 0 Å². The van der Waals surface area contributed by atoms with Gasteiger partial charge in [-0.25, -0.2) is 0 Å². The van der Waals surface area contributed by atoms with Gasteiger partial charge in [0.2, 0.25) is 0 Å². The zero-order valence-electron chi connectivity index (χ0n) is 6.04. The summed E-state index contributed by atoms with van der Waals surface area (Å²) in [5, 5.41) is 5.89. The Balaban J connectivity index is 2.13. The Bertz CT molecular complexity index is 112. The molecule has 0 aliphatic carbocycles. The van der Waals surface area contributed by atoms with Gasteiger partial charge in [0.25, 0.3) is 22.6 Å². The molecule has 0 aromatic carbocycles. The lowest BCUT2D eigenvalue weighted by Crippen LogP contribution is -2.57. The molecule has 0 aromatic rings. The minimum atomic E-state index is 0.907. The van der Waals surface area contributed by atoms with Crippen LogP contribution in [-0.4, -0.2) is 33.9 Å². The normalized spacial score (nSPS) is 19.7. The Morgan fingerprint density at radius 3 is 2.70 bits per heavy atom. The third kappa shape index (κ3) is 2.60. The van der Waals surface area contributed by atoms with Crippen LogP contribution in [0.1, 0.15) is 6.92 Å². The fraction of sp³-hybridized carbons (Fsp3) is 0.500. The van der Waals surface area contributed by atoms with E-state index in [4.69, 9.17) is 0 Å². The van der Waals surface area contributed by atoms with Crippen molar-refractivity contribution in [3.8, 4) is 0 Å². The van der Waals surface area contributed by atoms with Gasteiger partial charge < -0.3 is 15.0 Å². The lowest BCUT2D eigenvalue weighted by atomic mass is 9.81. The fourth-order valence-electron chi connectivity index (χ4n) is 0.684. The number of hydrogen-bond donors (Lipinski definition) is 2. The number of hydrogen-bond acceptors (Lipinski definition) is 3. The third-order valence-corrected chi connectivity index (χ3v) is 1.20. The first kappa shape index (κ1) is 7.92. The monoisotopic (exact) mass is 132 g/mol. The molecule has 3 nitrogen and oxygen atoms in total. The second-order valence-corrected chi connectivity index (χ2v) is 2.00. The van der Waals surface area contributed by atoms with Gasteiger partial charge in [0.05, 0.1) is 0 Å². The van der Waals surface area contributed by atoms with Gasteiger partial charge in [0, 0.05) is 0 Å². The van der Waals surface area contributed by atoms with E-state index >= 15 is 0 Å². The van der Waals surface area contributed by atoms with E-state index in [2.05, 4.69) is 16.4 Å². The lowest BCUT2D eigenvalue weighted by molar-refractivity contribution is 0.734. The van der Waals surface area contributed by atoms with Gasteiger partial charge in [0.15, 0.2) is 0 Å². The van der Waals surface area contributed by atoms with Crippen LogP contribution in [-0.2, 0) is 0 Å². The van der Waals surface area contributed by atoms with Crippen LogP contribution in [0.2, 0.25) is 0 Å². The molecular formula is C4H9B3N3. The molecule has 3 radical (unpaired) electrons. The van der Waals surface area contributed by atoms with E-state index in [1.165, 1.54) is 0 Å². The molecule has 0 aromatic heterocycles. The average molecular weight is 132 g/mol. The van der Waals surface area contributed by atoms with Gasteiger partial charge in [-0.05, 0) is 13.5 Å². The van der Waals surface area contributed by atoms with Crippen molar-refractivity contribution in [3.63, 3.8) is 0 Å². The molecule has 10 heavy (non-hydrogen) atoms. The average Bonchev–Trinajstić information content (AvgIpc) is 2.03. The number of allylic oxidation sites excluding steroid dienone is 1. The van der Waals surface area contributed by atoms with Crippen molar-refractivity contribution in [3.05, 3.63) is 12.2 Å². The molecule has 6 heteroatoms. The van der Waals surface area contributed by atoms with E-state index in [-0.39, 0.29) is 0 Å². The summed E-state index contributed by atoms with van der Waals surface area (Å²) >= 11 is 0. The summed E-state index contributed by atoms with van der Waals surface area (Å²) in [6.45, 7) is 2.92. The molecule has 0 spiro atoms. The van der Waals surface area contributed by atoms with E-state index in [1.54, 1.807) is 7.55 Å². The zero-order valence-corrected chi connectivity index (χ0v) is 6.04. The van der Waals surface area contributed by atoms with Crippen molar-refractivity contribution >= 4 is 22.6 Å². The van der Waals surface area contributed by atoms with Gasteiger partial charge >= 0.3 is 0 Å². The fourth-order valence-corrected chi connectivity index (χ4v) is 0.684. The highest BCUT2D eigenvalue weighted by molar-refractivity contribution is 6.65. The summed E-state index contributed by atoms with van der Waals surface area (Å²) in [5.41, 5.74) is 0. The van der Waals surface area contributed by atoms with Crippen molar-refractivity contribution in [2.24, 2.45) is 0 Å². The molecule has 0 bridgehead atoms. The number of nitrogens with one attached hydrogen (secondary N) is 2. The van der Waals surface area contributed by atoms with Gasteiger partial charge in [-0.15, -0.1) is 0 Å². The molecule has 0 saturated carbocycles. The van der Waals surface area contributed by atoms with Crippen LogP contribution < -0.4 is 10.3 Å². The summed E-state index contributed by atoms with van der Waals surface area (Å²) < 4.78 is 2.01. The predicted octanol–water partition coefficient (Wildman–Crippen LogP) is -1.34. The quantitative estimate of drug-likeness (QED) is 0.359. The summed E-state index contributed by atoms with van der Waals surface area (Å²) in [5.74, 6) is 0. The maximum Gasteiger partial charge on any atom is 0.287 e. The van der Waals surface area contributed by atoms with E-state index in [1.807, 2.05) is 32.8 Å². The van der Waals surface area contributed by atoms with Crippen molar-refractivity contribution < 1.29 is 0 Å². The van der Waals surface area contributed by atoms with E-state index in [9.17, 15) is 0 Å². The Kier molecular flexibility index (Phi) is 3.64. The number of nitrogens with zero attached hydrogens (tertiary/aromatic N) is 1. The highest BCUT2D eigenvalue weighted by Gasteiger charge is 2.11. The van der Waals surface area contributed by atoms with Crippen molar-refractivity contribution in [2.75, 3.05) is 6.54 Å². The first-order chi connectivity index (χ1) is 4.93. The van der Waals surface area contributed by atoms with E-state index < -0.39 is 0 Å². The summed E-state index contributed by atoms with van der Waals surface area (Å²) in [4.78, 5) is 0. The molecule has 49 valence electrons. The van der Waals surface area contributed by atoms with E-state index in [0.717, 1.165) is 6.54 Å². The third-order valence-electron chi connectivity index (χ3n) is 1.20.